The van der Waals surface area contributed by atoms with Gasteiger partial charge in [0.05, 0.1) is 17.1 Å². The molecule has 8 nitrogen and oxygen atoms in total. The minimum atomic E-state index is -3.71. The molecule has 0 bridgehead atoms. The molecule has 0 aromatic heterocycles. The number of sulfonamides is 1. The highest BCUT2D eigenvalue weighted by atomic mass is 32.2. The normalized spacial score (nSPS) is 25.9. The highest BCUT2D eigenvalue weighted by Gasteiger charge is 2.34. The van der Waals surface area contributed by atoms with Crippen LogP contribution in [0.1, 0.15) is 43.5 Å². The molecular formula is C22H31N3O5S. The molecule has 3 fully saturated rings. The molecule has 0 radical (unpaired) electrons. The predicted octanol–water partition coefficient (Wildman–Crippen LogP) is 1.57. The summed E-state index contributed by atoms with van der Waals surface area (Å²) in [5.41, 5.74) is 0.356. The van der Waals surface area contributed by atoms with E-state index in [4.69, 9.17) is 4.74 Å². The number of rotatable bonds is 4. The van der Waals surface area contributed by atoms with Gasteiger partial charge in [-0.2, -0.15) is 4.31 Å². The maximum atomic E-state index is 13.1. The minimum absolute atomic E-state index is 0.124. The fourth-order valence-electron chi connectivity index (χ4n) is 4.49. The number of hydrogen-bond donors (Lipinski definition) is 0. The average Bonchev–Trinajstić information content (AvgIpc) is 2.71. The number of ether oxygens (including phenoxy) is 1. The SMILES string of the molecule is CC1CN(S(=O)(=O)c2cccc(C(=O)N3CCN(C(=O)C4CCC4)CC3)c2)CC(C)O1. The van der Waals surface area contributed by atoms with Crippen LogP contribution in [0, 0.1) is 5.92 Å². The Labute approximate surface area is 184 Å². The molecule has 1 saturated carbocycles. The molecule has 2 atom stereocenters. The van der Waals surface area contributed by atoms with Gasteiger partial charge in [0.15, 0.2) is 0 Å². The van der Waals surface area contributed by atoms with Crippen LogP contribution in [-0.4, -0.2) is 85.8 Å². The van der Waals surface area contributed by atoms with Crippen molar-refractivity contribution in [2.45, 2.75) is 50.2 Å². The van der Waals surface area contributed by atoms with Gasteiger partial charge in [0.2, 0.25) is 15.9 Å². The van der Waals surface area contributed by atoms with Crippen LogP contribution < -0.4 is 0 Å². The van der Waals surface area contributed by atoms with E-state index in [0.717, 1.165) is 19.3 Å². The molecule has 2 unspecified atom stereocenters. The van der Waals surface area contributed by atoms with Gasteiger partial charge in [-0.05, 0) is 44.9 Å². The van der Waals surface area contributed by atoms with E-state index in [1.807, 2.05) is 18.7 Å². The average molecular weight is 450 g/mol. The van der Waals surface area contributed by atoms with Crippen LogP contribution >= 0.6 is 0 Å². The molecule has 1 aromatic carbocycles. The third kappa shape index (κ3) is 4.63. The van der Waals surface area contributed by atoms with Gasteiger partial charge in [0, 0.05) is 50.7 Å². The van der Waals surface area contributed by atoms with Crippen molar-refractivity contribution in [3.8, 4) is 0 Å². The molecular weight excluding hydrogens is 418 g/mol. The van der Waals surface area contributed by atoms with Crippen LogP contribution in [0.4, 0.5) is 0 Å². The van der Waals surface area contributed by atoms with Crippen LogP contribution in [0.2, 0.25) is 0 Å². The van der Waals surface area contributed by atoms with Crippen molar-refractivity contribution in [3.63, 3.8) is 0 Å². The molecule has 2 saturated heterocycles. The number of morpholine rings is 1. The molecule has 0 N–H and O–H groups in total. The molecule has 2 heterocycles. The van der Waals surface area contributed by atoms with Crippen molar-refractivity contribution >= 4 is 21.8 Å². The number of benzene rings is 1. The first-order chi connectivity index (χ1) is 14.8. The molecule has 4 rings (SSSR count). The highest BCUT2D eigenvalue weighted by molar-refractivity contribution is 7.89. The minimum Gasteiger partial charge on any atom is -0.373 e. The summed E-state index contributed by atoms with van der Waals surface area (Å²) in [5.74, 6) is 0.173. The van der Waals surface area contributed by atoms with Crippen molar-refractivity contribution in [1.29, 1.82) is 0 Å². The van der Waals surface area contributed by atoms with Crippen molar-refractivity contribution in [1.82, 2.24) is 14.1 Å². The quantitative estimate of drug-likeness (QED) is 0.696. The van der Waals surface area contributed by atoms with E-state index in [0.29, 0.717) is 44.8 Å². The molecule has 9 heteroatoms. The van der Waals surface area contributed by atoms with Crippen LogP contribution in [0.25, 0.3) is 0 Å². The molecule has 31 heavy (non-hydrogen) atoms. The lowest BCUT2D eigenvalue weighted by Gasteiger charge is -2.38. The Hall–Kier alpha value is -1.97. The summed E-state index contributed by atoms with van der Waals surface area (Å²) in [6.07, 6.45) is 2.71. The van der Waals surface area contributed by atoms with Gasteiger partial charge < -0.3 is 14.5 Å². The van der Waals surface area contributed by atoms with E-state index in [1.165, 1.54) is 16.4 Å². The summed E-state index contributed by atoms with van der Waals surface area (Å²) >= 11 is 0. The van der Waals surface area contributed by atoms with Crippen LogP contribution in [-0.2, 0) is 19.6 Å². The fourth-order valence-corrected chi connectivity index (χ4v) is 6.13. The Morgan fingerprint density at radius 1 is 0.968 bits per heavy atom. The standard InChI is InChI=1S/C22H31N3O5S/c1-16-14-25(15-17(2)30-16)31(28,29)20-8-4-7-19(13-20)22(27)24-11-9-23(10-12-24)21(26)18-5-3-6-18/h4,7-8,13,16-18H,3,5-6,9-12,14-15H2,1-2H3. The first-order valence-corrected chi connectivity index (χ1v) is 12.5. The van der Waals surface area contributed by atoms with Crippen molar-refractivity contribution in [3.05, 3.63) is 29.8 Å². The second kappa shape index (κ2) is 8.88. The Morgan fingerprint density at radius 2 is 1.58 bits per heavy atom. The lowest BCUT2D eigenvalue weighted by Crippen LogP contribution is -2.52. The summed E-state index contributed by atoms with van der Waals surface area (Å²) in [7, 11) is -3.71. The van der Waals surface area contributed by atoms with Gasteiger partial charge in [0.25, 0.3) is 5.91 Å². The smallest absolute Gasteiger partial charge is 0.254 e. The van der Waals surface area contributed by atoms with Gasteiger partial charge in [-0.25, -0.2) is 8.42 Å². The van der Waals surface area contributed by atoms with Crippen LogP contribution in [0.3, 0.4) is 0 Å². The Kier molecular flexibility index (Phi) is 6.37. The second-order valence-electron chi connectivity index (χ2n) is 8.85. The number of nitrogens with zero attached hydrogens (tertiary/aromatic N) is 3. The van der Waals surface area contributed by atoms with Crippen LogP contribution in [0.15, 0.2) is 29.2 Å². The first-order valence-electron chi connectivity index (χ1n) is 11.1. The molecule has 2 amide bonds. The zero-order valence-electron chi connectivity index (χ0n) is 18.2. The zero-order valence-corrected chi connectivity index (χ0v) is 19.0. The largest absolute Gasteiger partial charge is 0.373 e. The van der Waals surface area contributed by atoms with Gasteiger partial charge in [0.1, 0.15) is 0 Å². The number of carbonyl (C=O) groups excluding carboxylic acids is 2. The van der Waals surface area contributed by atoms with Crippen molar-refractivity contribution < 1.29 is 22.7 Å². The van der Waals surface area contributed by atoms with E-state index >= 15 is 0 Å². The van der Waals surface area contributed by atoms with Gasteiger partial charge >= 0.3 is 0 Å². The maximum Gasteiger partial charge on any atom is 0.254 e. The first kappa shape index (κ1) is 22.2. The topological polar surface area (TPSA) is 87.2 Å². The van der Waals surface area contributed by atoms with E-state index in [9.17, 15) is 18.0 Å². The van der Waals surface area contributed by atoms with E-state index in [2.05, 4.69) is 0 Å². The summed E-state index contributed by atoms with van der Waals surface area (Å²) in [6, 6.07) is 6.27. The monoisotopic (exact) mass is 449 g/mol. The van der Waals surface area contributed by atoms with Crippen molar-refractivity contribution in [2.75, 3.05) is 39.3 Å². The summed E-state index contributed by atoms with van der Waals surface area (Å²) in [6.45, 7) is 6.29. The highest BCUT2D eigenvalue weighted by Crippen LogP contribution is 2.29. The van der Waals surface area contributed by atoms with Gasteiger partial charge in [-0.3, -0.25) is 9.59 Å². The molecule has 2 aliphatic heterocycles. The van der Waals surface area contributed by atoms with Gasteiger partial charge in [-0.1, -0.05) is 12.5 Å². The van der Waals surface area contributed by atoms with Crippen molar-refractivity contribution in [2.24, 2.45) is 5.92 Å². The number of hydrogen-bond acceptors (Lipinski definition) is 5. The maximum absolute atomic E-state index is 13.1. The third-order valence-electron chi connectivity index (χ3n) is 6.44. The summed E-state index contributed by atoms with van der Waals surface area (Å²) < 4.78 is 33.4. The lowest BCUT2D eigenvalue weighted by atomic mass is 9.84. The number of amides is 2. The Morgan fingerprint density at radius 3 is 2.16 bits per heavy atom. The molecule has 0 spiro atoms. The Balaban J connectivity index is 1.43. The van der Waals surface area contributed by atoms with Gasteiger partial charge in [-0.15, -0.1) is 0 Å². The third-order valence-corrected chi connectivity index (χ3v) is 8.27. The molecule has 3 aliphatic rings. The molecule has 1 aromatic rings. The predicted molar refractivity (Wildman–Crippen MR) is 115 cm³/mol. The summed E-state index contributed by atoms with van der Waals surface area (Å²) in [5, 5.41) is 0. The second-order valence-corrected chi connectivity index (χ2v) is 10.8. The van der Waals surface area contributed by atoms with E-state index in [1.54, 1.807) is 17.0 Å². The number of carbonyl (C=O) groups is 2. The summed E-state index contributed by atoms with van der Waals surface area (Å²) in [4.78, 5) is 29.1. The number of piperazine rings is 1. The Bertz CT molecular complexity index is 928. The van der Waals surface area contributed by atoms with E-state index < -0.39 is 10.0 Å². The zero-order chi connectivity index (χ0) is 22.2. The van der Waals surface area contributed by atoms with Crippen LogP contribution in [0.5, 0.6) is 0 Å². The molecule has 1 aliphatic carbocycles. The van der Waals surface area contributed by atoms with E-state index in [-0.39, 0.29) is 34.8 Å². The fraction of sp³-hybridized carbons (Fsp3) is 0.636. The molecule has 170 valence electrons. The lowest BCUT2D eigenvalue weighted by molar-refractivity contribution is -0.139.